The van der Waals surface area contributed by atoms with Gasteiger partial charge in [-0.25, -0.2) is 4.57 Å². The van der Waals surface area contributed by atoms with Crippen molar-refractivity contribution >= 4 is 14.5 Å². The second-order valence-electron chi connectivity index (χ2n) is 4.58. The van der Waals surface area contributed by atoms with E-state index in [1.165, 1.54) is 0 Å². The van der Waals surface area contributed by atoms with E-state index in [-0.39, 0.29) is 14.5 Å². The summed E-state index contributed by atoms with van der Waals surface area (Å²) in [5.74, 6) is 1.37. The van der Waals surface area contributed by atoms with Crippen LogP contribution in [0.4, 0.5) is 0 Å². The lowest BCUT2D eigenvalue weighted by molar-refractivity contribution is -0.116. The second-order valence-corrected chi connectivity index (χ2v) is 4.92. The monoisotopic (exact) mass is 302 g/mol. The summed E-state index contributed by atoms with van der Waals surface area (Å²) in [4.78, 5) is 11.0. The molecule has 0 amide bonds. The lowest BCUT2D eigenvalue weighted by atomic mass is 10.1. The summed E-state index contributed by atoms with van der Waals surface area (Å²) < 4.78 is 21.2. The van der Waals surface area contributed by atoms with Gasteiger partial charge in [0.1, 0.15) is 23.9 Å². The molecule has 4 nitrogen and oxygen atoms in total. The van der Waals surface area contributed by atoms with Crippen LogP contribution >= 0.6 is 8.69 Å². The number of carbonyl (C=O) groups excluding carboxylic acids is 1. The molecule has 0 saturated heterocycles. The Morgan fingerprint density at radius 1 is 1.10 bits per heavy atom. The molecule has 108 valence electrons. The summed E-state index contributed by atoms with van der Waals surface area (Å²) in [6.45, 7) is 1.88. The van der Waals surface area contributed by atoms with Gasteiger partial charge in [0.25, 0.3) is 0 Å². The van der Waals surface area contributed by atoms with Crippen LogP contribution in [0.2, 0.25) is 0 Å². The predicted octanol–water partition coefficient (Wildman–Crippen LogP) is 3.98. The topological polar surface area (TPSA) is 52.6 Å². The Labute approximate surface area is 125 Å². The van der Waals surface area contributed by atoms with Crippen molar-refractivity contribution in [1.82, 2.24) is 0 Å². The third-order valence-electron chi connectivity index (χ3n) is 2.88. The van der Waals surface area contributed by atoms with E-state index in [2.05, 4.69) is 0 Å². The Bertz CT molecular complexity index is 622. The highest BCUT2D eigenvalue weighted by Gasteiger charge is 2.05. The van der Waals surface area contributed by atoms with Crippen LogP contribution in [-0.2, 0) is 22.4 Å². The van der Waals surface area contributed by atoms with Crippen LogP contribution in [0, 0.1) is 0 Å². The van der Waals surface area contributed by atoms with Gasteiger partial charge in [0.15, 0.2) is 0 Å². The van der Waals surface area contributed by atoms with E-state index in [1.54, 1.807) is 19.1 Å². The quantitative estimate of drug-likeness (QED) is 0.726. The molecule has 0 aliphatic carbocycles. The van der Waals surface area contributed by atoms with Gasteiger partial charge in [-0.05, 0) is 30.7 Å². The maximum atomic E-state index is 11.0. The fourth-order valence-electron chi connectivity index (χ4n) is 1.90. The third kappa shape index (κ3) is 4.69. The molecule has 2 aromatic carbocycles. The molecule has 0 aliphatic heterocycles. The highest BCUT2D eigenvalue weighted by Crippen LogP contribution is 2.23. The van der Waals surface area contributed by atoms with Gasteiger partial charge in [-0.15, -0.1) is 0 Å². The molecule has 0 fully saturated rings. The third-order valence-corrected chi connectivity index (χ3v) is 3.15. The highest BCUT2D eigenvalue weighted by molar-refractivity contribution is 7.17. The number of Topliss-reactive ketones (excluding diaryl/α,β-unsaturated/α-hetero) is 1. The van der Waals surface area contributed by atoms with Gasteiger partial charge >= 0.3 is 8.69 Å². The number of rotatable bonds is 7. The number of benzene rings is 2. The van der Waals surface area contributed by atoms with E-state index in [0.29, 0.717) is 24.5 Å². The molecule has 0 aromatic heterocycles. The van der Waals surface area contributed by atoms with Crippen LogP contribution in [0.15, 0.2) is 48.5 Å². The molecule has 0 unspecified atom stereocenters. The van der Waals surface area contributed by atoms with E-state index in [0.717, 1.165) is 11.1 Å². The molecule has 21 heavy (non-hydrogen) atoms. The number of ketones is 1. The molecule has 5 heteroatoms. The summed E-state index contributed by atoms with van der Waals surface area (Å²) in [7, 11) is -0.389. The summed E-state index contributed by atoms with van der Waals surface area (Å²) in [6.07, 6.45) is 0.430. The molecule has 0 bridgehead atoms. The number of carbonyl (C=O) groups is 1. The first-order valence-corrected chi connectivity index (χ1v) is 7.21. The Kier molecular flexibility index (Phi) is 5.47. The summed E-state index contributed by atoms with van der Waals surface area (Å²) in [5.41, 5.74) is 1.78. The second kappa shape index (κ2) is 7.55. The van der Waals surface area contributed by atoms with Crippen LogP contribution in [-0.4, -0.2) is 5.78 Å². The van der Waals surface area contributed by atoms with Gasteiger partial charge in [-0.3, -0.25) is 4.79 Å². The first-order chi connectivity index (χ1) is 10.2. The van der Waals surface area contributed by atoms with Crippen molar-refractivity contribution in [1.29, 1.82) is 0 Å². The molecular weight excluding hydrogens is 287 g/mol. The minimum Gasteiger partial charge on any atom is -0.489 e. The van der Waals surface area contributed by atoms with E-state index in [4.69, 9.17) is 9.26 Å². The molecular formula is C16H15O4P. The SMILES string of the molecule is CC(=O)Cc1ccc(OCc2ccccc2OP=O)cc1. The molecule has 0 heterocycles. The van der Waals surface area contributed by atoms with E-state index in [9.17, 15) is 9.36 Å². The van der Waals surface area contributed by atoms with Gasteiger partial charge in [0, 0.05) is 12.0 Å². The molecule has 2 aromatic rings. The van der Waals surface area contributed by atoms with Gasteiger partial charge < -0.3 is 9.26 Å². The molecule has 0 radical (unpaired) electrons. The predicted molar refractivity (Wildman–Crippen MR) is 79.8 cm³/mol. The smallest absolute Gasteiger partial charge is 0.395 e. The van der Waals surface area contributed by atoms with Crippen molar-refractivity contribution in [3.05, 3.63) is 59.7 Å². The first-order valence-electron chi connectivity index (χ1n) is 6.48. The molecule has 2 rings (SSSR count). The van der Waals surface area contributed by atoms with Crippen LogP contribution in [0.1, 0.15) is 18.1 Å². The van der Waals surface area contributed by atoms with Crippen molar-refractivity contribution in [2.24, 2.45) is 0 Å². The zero-order chi connectivity index (χ0) is 15.1. The average Bonchev–Trinajstić information content (AvgIpc) is 2.48. The van der Waals surface area contributed by atoms with Gasteiger partial charge in [-0.1, -0.05) is 30.3 Å². The Morgan fingerprint density at radius 3 is 2.48 bits per heavy atom. The largest absolute Gasteiger partial charge is 0.489 e. The van der Waals surface area contributed by atoms with E-state index in [1.807, 2.05) is 36.4 Å². The fraction of sp³-hybridized carbons (Fsp3) is 0.188. The number of hydrogen-bond donors (Lipinski definition) is 0. The van der Waals surface area contributed by atoms with E-state index >= 15 is 0 Å². The summed E-state index contributed by atoms with van der Waals surface area (Å²) in [6, 6.07) is 14.7. The van der Waals surface area contributed by atoms with Crippen molar-refractivity contribution in [2.75, 3.05) is 0 Å². The minimum atomic E-state index is -0.389. The van der Waals surface area contributed by atoms with Gasteiger partial charge in [-0.2, -0.15) is 0 Å². The lowest BCUT2D eigenvalue weighted by Gasteiger charge is -2.09. The van der Waals surface area contributed by atoms with Crippen LogP contribution in [0.5, 0.6) is 11.5 Å². The molecule has 0 saturated carbocycles. The average molecular weight is 302 g/mol. The molecule has 0 spiro atoms. The number of ether oxygens (including phenoxy) is 1. The Morgan fingerprint density at radius 2 is 1.81 bits per heavy atom. The zero-order valence-electron chi connectivity index (χ0n) is 11.6. The van der Waals surface area contributed by atoms with Crippen LogP contribution in [0.3, 0.4) is 0 Å². The van der Waals surface area contributed by atoms with Crippen LogP contribution in [0.25, 0.3) is 0 Å². The molecule has 0 atom stereocenters. The van der Waals surface area contributed by atoms with Crippen molar-refractivity contribution in [3.63, 3.8) is 0 Å². The number of hydrogen-bond acceptors (Lipinski definition) is 4. The Balaban J connectivity index is 1.99. The zero-order valence-corrected chi connectivity index (χ0v) is 12.5. The van der Waals surface area contributed by atoms with Gasteiger partial charge in [0.05, 0.1) is 0 Å². The lowest BCUT2D eigenvalue weighted by Crippen LogP contribution is -1.98. The summed E-state index contributed by atoms with van der Waals surface area (Å²) in [5, 5.41) is 0. The van der Waals surface area contributed by atoms with E-state index < -0.39 is 0 Å². The Hall–Kier alpha value is -2.19. The fourth-order valence-corrected chi connectivity index (χ4v) is 2.16. The molecule has 0 N–H and O–H groups in total. The van der Waals surface area contributed by atoms with Crippen molar-refractivity contribution < 1.29 is 18.6 Å². The standard InChI is InChI=1S/C16H15O4P/c1-12(17)10-13-6-8-15(9-7-13)19-11-14-4-2-3-5-16(14)20-21-18/h2-9H,10-11H2,1H3. The molecule has 0 aliphatic rings. The summed E-state index contributed by atoms with van der Waals surface area (Å²) >= 11 is 0. The number of para-hydroxylation sites is 1. The minimum absolute atomic E-state index is 0.131. The van der Waals surface area contributed by atoms with Crippen molar-refractivity contribution in [2.45, 2.75) is 20.0 Å². The van der Waals surface area contributed by atoms with Crippen LogP contribution < -0.4 is 9.26 Å². The normalized spacial score (nSPS) is 10.3. The van der Waals surface area contributed by atoms with Gasteiger partial charge in [0.2, 0.25) is 0 Å². The maximum absolute atomic E-state index is 11.0. The highest BCUT2D eigenvalue weighted by atomic mass is 31.1. The first kappa shape index (κ1) is 15.2. The van der Waals surface area contributed by atoms with Crippen molar-refractivity contribution in [3.8, 4) is 11.5 Å². The maximum Gasteiger partial charge on any atom is 0.395 e.